The van der Waals surface area contributed by atoms with Gasteiger partial charge in [-0.15, -0.1) is 0 Å². The van der Waals surface area contributed by atoms with Crippen molar-refractivity contribution in [1.29, 1.82) is 0 Å². The number of rotatable bonds is 0. The van der Waals surface area contributed by atoms with E-state index in [2.05, 4.69) is 0 Å². The molecule has 0 amide bonds. The van der Waals surface area contributed by atoms with E-state index < -0.39 is 0 Å². The molecule has 70 valence electrons. The minimum absolute atomic E-state index is 0.00755. The van der Waals surface area contributed by atoms with E-state index in [9.17, 15) is 4.39 Å². The van der Waals surface area contributed by atoms with Gasteiger partial charge in [0.25, 0.3) is 0 Å². The number of hydrogen-bond acceptors (Lipinski definition) is 2. The van der Waals surface area contributed by atoms with Crippen LogP contribution in [0, 0.1) is 5.82 Å². The maximum absolute atomic E-state index is 13.1. The zero-order valence-electron chi connectivity index (χ0n) is 6.89. The van der Waals surface area contributed by atoms with Crippen LogP contribution in [-0.4, -0.2) is 5.75 Å². The van der Waals surface area contributed by atoms with Crippen LogP contribution >= 0.6 is 23.4 Å². The summed E-state index contributed by atoms with van der Waals surface area (Å²) in [5.41, 5.74) is 7.83. The third kappa shape index (κ3) is 1.68. The molecule has 0 saturated carbocycles. The van der Waals surface area contributed by atoms with Crippen molar-refractivity contribution < 1.29 is 4.39 Å². The molecule has 1 nitrogen and oxygen atoms in total. The van der Waals surface area contributed by atoms with Gasteiger partial charge in [0.15, 0.2) is 0 Å². The highest BCUT2D eigenvalue weighted by Crippen LogP contribution is 2.33. The summed E-state index contributed by atoms with van der Waals surface area (Å²) in [6.45, 7) is 0. The van der Waals surface area contributed by atoms with E-state index in [0.29, 0.717) is 0 Å². The van der Waals surface area contributed by atoms with Crippen molar-refractivity contribution in [3.8, 4) is 0 Å². The fourth-order valence-electron chi connectivity index (χ4n) is 1.46. The monoisotopic (exact) mass is 217 g/mol. The molecule has 0 aliphatic carbocycles. The molecule has 0 spiro atoms. The van der Waals surface area contributed by atoms with Crippen LogP contribution in [0.3, 0.4) is 0 Å². The van der Waals surface area contributed by atoms with Gasteiger partial charge < -0.3 is 5.73 Å². The normalized spacial score (nSPS) is 21.3. The Labute approximate surface area is 85.5 Å². The molecule has 13 heavy (non-hydrogen) atoms. The number of nitrogens with two attached hydrogens (primary N) is 1. The van der Waals surface area contributed by atoms with E-state index in [-0.39, 0.29) is 16.9 Å². The van der Waals surface area contributed by atoms with E-state index in [1.54, 1.807) is 17.8 Å². The third-order valence-electron chi connectivity index (χ3n) is 2.14. The van der Waals surface area contributed by atoms with Crippen molar-refractivity contribution >= 4 is 23.4 Å². The first-order chi connectivity index (χ1) is 6.18. The van der Waals surface area contributed by atoms with E-state index in [4.69, 9.17) is 17.3 Å². The number of hydrogen-bond donors (Lipinski definition) is 1. The summed E-state index contributed by atoms with van der Waals surface area (Å²) in [6, 6.07) is 3.13. The quantitative estimate of drug-likeness (QED) is 0.723. The summed E-state index contributed by atoms with van der Waals surface area (Å²) in [4.78, 5) is 0. The second-order valence-electron chi connectivity index (χ2n) is 3.09. The fraction of sp³-hybridized carbons (Fsp3) is 0.333. The minimum Gasteiger partial charge on any atom is -0.323 e. The number of halogens is 2. The first kappa shape index (κ1) is 9.31. The summed E-state index contributed by atoms with van der Waals surface area (Å²) < 4.78 is 13.1. The van der Waals surface area contributed by atoms with Crippen LogP contribution in [0.2, 0.25) is 5.02 Å². The second-order valence-corrected chi connectivity index (χ2v) is 4.52. The summed E-state index contributed by atoms with van der Waals surface area (Å²) >= 11 is 7.40. The predicted molar refractivity (Wildman–Crippen MR) is 54.5 cm³/mol. The highest BCUT2D eigenvalue weighted by molar-refractivity contribution is 7.98. The molecule has 1 aromatic carbocycles. The Morgan fingerprint density at radius 2 is 2.31 bits per heavy atom. The van der Waals surface area contributed by atoms with E-state index >= 15 is 0 Å². The lowest BCUT2D eigenvalue weighted by Crippen LogP contribution is -2.19. The topological polar surface area (TPSA) is 26.0 Å². The fourth-order valence-corrected chi connectivity index (χ4v) is 2.65. The molecular formula is C9H9ClFNS. The van der Waals surface area contributed by atoms with Crippen LogP contribution in [0.15, 0.2) is 12.1 Å². The molecule has 0 bridgehead atoms. The predicted octanol–water partition coefficient (Wildman–Crippen LogP) is 2.73. The largest absolute Gasteiger partial charge is 0.323 e. The molecule has 0 saturated heterocycles. The third-order valence-corrected chi connectivity index (χ3v) is 3.54. The van der Waals surface area contributed by atoms with Gasteiger partial charge in [0.05, 0.1) is 5.02 Å². The first-order valence-corrected chi connectivity index (χ1v) is 5.53. The molecule has 1 aromatic rings. The summed E-state index contributed by atoms with van der Waals surface area (Å²) in [5.74, 6) is 1.36. The zero-order chi connectivity index (χ0) is 9.42. The van der Waals surface area contributed by atoms with Gasteiger partial charge in [-0.25, -0.2) is 4.39 Å². The van der Waals surface area contributed by atoms with Crippen LogP contribution in [0.4, 0.5) is 4.39 Å². The second kappa shape index (κ2) is 3.48. The maximum atomic E-state index is 13.1. The van der Waals surface area contributed by atoms with Crippen LogP contribution in [0.5, 0.6) is 0 Å². The average molecular weight is 218 g/mol. The number of thioether (sulfide) groups is 1. The number of benzene rings is 1. The van der Waals surface area contributed by atoms with Crippen molar-refractivity contribution in [1.82, 2.24) is 0 Å². The molecule has 0 aromatic heterocycles. The van der Waals surface area contributed by atoms with Crippen LogP contribution in [0.1, 0.15) is 17.2 Å². The van der Waals surface area contributed by atoms with Gasteiger partial charge in [0, 0.05) is 17.5 Å². The highest BCUT2D eigenvalue weighted by Gasteiger charge is 2.18. The van der Waals surface area contributed by atoms with Crippen molar-refractivity contribution in [2.24, 2.45) is 5.73 Å². The number of fused-ring (bicyclic) bond motifs is 1. The van der Waals surface area contributed by atoms with E-state index in [1.807, 2.05) is 0 Å². The van der Waals surface area contributed by atoms with Gasteiger partial charge in [0.2, 0.25) is 0 Å². The standard InChI is InChI=1S/C9H9ClFNS/c10-7-2-6-5(1-8(7)11)3-13-4-9(6)12/h1-2,9H,3-4,12H2/t9-/m0/s1. The van der Waals surface area contributed by atoms with E-state index in [1.165, 1.54) is 6.07 Å². The van der Waals surface area contributed by atoms with Crippen molar-refractivity contribution in [2.45, 2.75) is 11.8 Å². The Morgan fingerprint density at radius 1 is 1.54 bits per heavy atom. The van der Waals surface area contributed by atoms with Crippen LogP contribution in [-0.2, 0) is 5.75 Å². The van der Waals surface area contributed by atoms with Crippen molar-refractivity contribution in [3.63, 3.8) is 0 Å². The molecule has 4 heteroatoms. The summed E-state index contributed by atoms with van der Waals surface area (Å²) in [6.07, 6.45) is 0. The maximum Gasteiger partial charge on any atom is 0.142 e. The smallest absolute Gasteiger partial charge is 0.142 e. The Balaban J connectivity index is 2.52. The molecule has 1 aliphatic heterocycles. The molecule has 2 N–H and O–H groups in total. The molecular weight excluding hydrogens is 209 g/mol. The lowest BCUT2D eigenvalue weighted by Gasteiger charge is -2.21. The Bertz CT molecular complexity index is 343. The van der Waals surface area contributed by atoms with Gasteiger partial charge in [-0.05, 0) is 23.3 Å². The zero-order valence-corrected chi connectivity index (χ0v) is 8.46. The molecule has 0 fully saturated rings. The molecule has 0 unspecified atom stereocenters. The van der Waals surface area contributed by atoms with Gasteiger partial charge in [-0.3, -0.25) is 0 Å². The lowest BCUT2D eigenvalue weighted by molar-refractivity contribution is 0.624. The van der Waals surface area contributed by atoms with Gasteiger partial charge in [-0.2, -0.15) is 11.8 Å². The van der Waals surface area contributed by atoms with Crippen molar-refractivity contribution in [2.75, 3.05) is 5.75 Å². The van der Waals surface area contributed by atoms with Gasteiger partial charge >= 0.3 is 0 Å². The Morgan fingerprint density at radius 3 is 3.08 bits per heavy atom. The highest BCUT2D eigenvalue weighted by atomic mass is 35.5. The van der Waals surface area contributed by atoms with Gasteiger partial charge in [0.1, 0.15) is 5.82 Å². The molecule has 1 heterocycles. The molecule has 0 radical (unpaired) electrons. The SMILES string of the molecule is N[C@H]1CSCc2cc(F)c(Cl)cc21. The van der Waals surface area contributed by atoms with Gasteiger partial charge in [-0.1, -0.05) is 11.6 Å². The first-order valence-electron chi connectivity index (χ1n) is 3.99. The Hall–Kier alpha value is -0.250. The van der Waals surface area contributed by atoms with Crippen LogP contribution < -0.4 is 5.73 Å². The molecule has 1 aliphatic rings. The average Bonchev–Trinajstić information content (AvgIpc) is 2.09. The van der Waals surface area contributed by atoms with E-state index in [0.717, 1.165) is 22.6 Å². The van der Waals surface area contributed by atoms with Crippen molar-refractivity contribution in [3.05, 3.63) is 34.1 Å². The summed E-state index contributed by atoms with van der Waals surface area (Å²) in [5, 5.41) is 0.168. The lowest BCUT2D eigenvalue weighted by atomic mass is 10.0. The minimum atomic E-state index is -0.352. The molecule has 1 atom stereocenters. The Kier molecular flexibility index (Phi) is 2.49. The summed E-state index contributed by atoms with van der Waals surface area (Å²) in [7, 11) is 0. The van der Waals surface area contributed by atoms with Crippen LogP contribution in [0.25, 0.3) is 0 Å². The molecule has 2 rings (SSSR count).